The molecule has 0 fully saturated rings. The average Bonchev–Trinajstić information content (AvgIpc) is 2.14. The number of nitrogens with one attached hydrogen (secondary N) is 1. The minimum atomic E-state index is 0.504. The third-order valence-corrected chi connectivity index (χ3v) is 1.30. The summed E-state index contributed by atoms with van der Waals surface area (Å²) in [6.45, 7) is 8.79. The highest BCUT2D eigenvalue weighted by atomic mass is 15.1. The van der Waals surface area contributed by atoms with E-state index >= 15 is 0 Å². The van der Waals surface area contributed by atoms with Gasteiger partial charge >= 0.3 is 0 Å². The van der Waals surface area contributed by atoms with Crippen LogP contribution in [0.15, 0.2) is 17.3 Å². The Balaban J connectivity index is 2.62. The molecule has 0 saturated carbocycles. The van der Waals surface area contributed by atoms with Crippen LogP contribution >= 0.6 is 0 Å². The van der Waals surface area contributed by atoms with Gasteiger partial charge in [-0.05, 0) is 0 Å². The number of nitrogens with zero attached hydrogens (tertiary/aromatic N) is 1. The van der Waals surface area contributed by atoms with E-state index in [1.165, 1.54) is 0 Å². The Bertz CT molecular complexity index is 156. The maximum atomic E-state index is 4.20. The molecule has 0 radical (unpaired) electrons. The van der Waals surface area contributed by atoms with Crippen molar-refractivity contribution in [3.63, 3.8) is 0 Å². The molecule has 0 aromatic heterocycles. The molecule has 1 aliphatic rings. The second kappa shape index (κ2) is 2.21. The van der Waals surface area contributed by atoms with Crippen LogP contribution in [0.2, 0.25) is 0 Å². The normalized spacial score (nSPS) is 18.1. The molecule has 0 aromatic rings. The summed E-state index contributed by atoms with van der Waals surface area (Å²) < 4.78 is 0. The fourth-order valence-corrected chi connectivity index (χ4v) is 0.775. The lowest BCUT2D eigenvalue weighted by molar-refractivity contribution is 0.842. The van der Waals surface area contributed by atoms with Crippen molar-refractivity contribution in [2.45, 2.75) is 13.8 Å². The molecule has 0 atom stereocenters. The zero-order chi connectivity index (χ0) is 6.85. The first-order chi connectivity index (χ1) is 4.20. The summed E-state index contributed by atoms with van der Waals surface area (Å²) in [5.41, 5.74) is 0.943. The Morgan fingerprint density at radius 3 is 2.56 bits per heavy atom. The van der Waals surface area contributed by atoms with Crippen molar-refractivity contribution in [1.29, 1.82) is 0 Å². The van der Waals surface area contributed by atoms with Gasteiger partial charge in [0.1, 0.15) is 5.84 Å². The van der Waals surface area contributed by atoms with Crippen LogP contribution < -0.4 is 5.32 Å². The molecule has 50 valence electrons. The minimum Gasteiger partial charge on any atom is -0.368 e. The molecule has 1 aliphatic heterocycles. The highest BCUT2D eigenvalue weighted by Crippen LogP contribution is 2.05. The van der Waals surface area contributed by atoms with Crippen molar-refractivity contribution >= 4 is 5.84 Å². The lowest BCUT2D eigenvalue weighted by Crippen LogP contribution is -2.22. The molecular formula is C7H12N2. The van der Waals surface area contributed by atoms with E-state index in [9.17, 15) is 0 Å². The zero-order valence-corrected chi connectivity index (χ0v) is 5.94. The van der Waals surface area contributed by atoms with Gasteiger partial charge in [-0.1, -0.05) is 20.4 Å². The van der Waals surface area contributed by atoms with Gasteiger partial charge in [0.25, 0.3) is 0 Å². The van der Waals surface area contributed by atoms with Gasteiger partial charge in [0.15, 0.2) is 0 Å². The van der Waals surface area contributed by atoms with Gasteiger partial charge in [-0.15, -0.1) is 0 Å². The molecule has 0 spiro atoms. The number of aliphatic imine (C=N–C) groups is 1. The van der Waals surface area contributed by atoms with E-state index in [-0.39, 0.29) is 0 Å². The first kappa shape index (κ1) is 6.33. The second-order valence-corrected chi connectivity index (χ2v) is 2.57. The van der Waals surface area contributed by atoms with Crippen LogP contribution in [0.1, 0.15) is 13.8 Å². The Hall–Kier alpha value is -0.790. The van der Waals surface area contributed by atoms with E-state index in [4.69, 9.17) is 0 Å². The number of amidine groups is 1. The maximum Gasteiger partial charge on any atom is 0.105 e. The summed E-state index contributed by atoms with van der Waals surface area (Å²) in [4.78, 5) is 4.20. The second-order valence-electron chi connectivity index (χ2n) is 2.57. The van der Waals surface area contributed by atoms with Gasteiger partial charge in [0, 0.05) is 5.92 Å². The van der Waals surface area contributed by atoms with E-state index in [0.717, 1.165) is 18.1 Å². The smallest absolute Gasteiger partial charge is 0.105 e. The van der Waals surface area contributed by atoms with Crippen LogP contribution in [0.4, 0.5) is 0 Å². The zero-order valence-electron chi connectivity index (χ0n) is 5.94. The molecule has 2 heteroatoms. The molecule has 1 rings (SSSR count). The van der Waals surface area contributed by atoms with Crippen LogP contribution in [0.25, 0.3) is 0 Å². The summed E-state index contributed by atoms with van der Waals surface area (Å²) in [5, 5.41) is 3.16. The van der Waals surface area contributed by atoms with Crippen molar-refractivity contribution in [3.05, 3.63) is 12.3 Å². The van der Waals surface area contributed by atoms with Crippen molar-refractivity contribution in [3.8, 4) is 0 Å². The largest absolute Gasteiger partial charge is 0.368 e. The van der Waals surface area contributed by atoms with Crippen molar-refractivity contribution < 1.29 is 0 Å². The van der Waals surface area contributed by atoms with E-state index < -0.39 is 0 Å². The van der Waals surface area contributed by atoms with Crippen LogP contribution in [-0.2, 0) is 0 Å². The summed E-state index contributed by atoms with van der Waals surface area (Å²) in [5.74, 6) is 1.57. The fourth-order valence-electron chi connectivity index (χ4n) is 0.775. The topological polar surface area (TPSA) is 24.4 Å². The van der Waals surface area contributed by atoms with E-state index in [1.807, 2.05) is 0 Å². The predicted molar refractivity (Wildman–Crippen MR) is 39.4 cm³/mol. The number of hydrogen-bond acceptors (Lipinski definition) is 2. The van der Waals surface area contributed by atoms with Crippen LogP contribution in [-0.4, -0.2) is 12.4 Å². The van der Waals surface area contributed by atoms with Gasteiger partial charge in [0.05, 0.1) is 12.2 Å². The molecule has 0 aromatic carbocycles. The monoisotopic (exact) mass is 124 g/mol. The maximum absolute atomic E-state index is 4.20. The van der Waals surface area contributed by atoms with Gasteiger partial charge in [-0.2, -0.15) is 0 Å². The first-order valence-corrected chi connectivity index (χ1v) is 3.20. The Morgan fingerprint density at radius 1 is 1.67 bits per heavy atom. The Labute approximate surface area is 55.7 Å². The SMILES string of the molecule is C=C1CNC(C(C)C)=N1. The van der Waals surface area contributed by atoms with Crippen LogP contribution in [0, 0.1) is 5.92 Å². The highest BCUT2D eigenvalue weighted by Gasteiger charge is 2.10. The fraction of sp³-hybridized carbons (Fsp3) is 0.571. The first-order valence-electron chi connectivity index (χ1n) is 3.20. The van der Waals surface area contributed by atoms with E-state index in [2.05, 4.69) is 30.7 Å². The van der Waals surface area contributed by atoms with Gasteiger partial charge in [-0.3, -0.25) is 0 Å². The summed E-state index contributed by atoms with van der Waals surface area (Å²) in [6, 6.07) is 0. The molecule has 1 N–H and O–H groups in total. The van der Waals surface area contributed by atoms with Crippen molar-refractivity contribution in [1.82, 2.24) is 5.32 Å². The summed E-state index contributed by atoms with van der Waals surface area (Å²) >= 11 is 0. The highest BCUT2D eigenvalue weighted by molar-refractivity contribution is 5.87. The van der Waals surface area contributed by atoms with E-state index in [1.54, 1.807) is 0 Å². The van der Waals surface area contributed by atoms with Gasteiger partial charge < -0.3 is 5.32 Å². The van der Waals surface area contributed by atoms with Gasteiger partial charge in [0.2, 0.25) is 0 Å². The third kappa shape index (κ3) is 1.31. The molecule has 0 saturated heterocycles. The van der Waals surface area contributed by atoms with Crippen molar-refractivity contribution in [2.24, 2.45) is 10.9 Å². The Kier molecular flexibility index (Phi) is 1.56. The van der Waals surface area contributed by atoms with Gasteiger partial charge in [-0.25, -0.2) is 4.99 Å². The lowest BCUT2D eigenvalue weighted by atomic mass is 10.2. The molecular weight excluding hydrogens is 112 g/mol. The number of hydrogen-bond donors (Lipinski definition) is 1. The molecule has 0 aliphatic carbocycles. The quantitative estimate of drug-likeness (QED) is 0.557. The molecule has 2 nitrogen and oxygen atoms in total. The minimum absolute atomic E-state index is 0.504. The standard InChI is InChI=1S/C7H12N2/c1-5(2)7-8-4-6(3)9-7/h5H,3-4H2,1-2H3,(H,8,9). The molecule has 1 heterocycles. The average molecular weight is 124 g/mol. The van der Waals surface area contributed by atoms with Crippen LogP contribution in [0.3, 0.4) is 0 Å². The Morgan fingerprint density at radius 2 is 2.33 bits per heavy atom. The van der Waals surface area contributed by atoms with Crippen LogP contribution in [0.5, 0.6) is 0 Å². The molecule has 9 heavy (non-hydrogen) atoms. The number of rotatable bonds is 1. The molecule has 0 bridgehead atoms. The predicted octanol–water partition coefficient (Wildman–Crippen LogP) is 1.16. The third-order valence-electron chi connectivity index (χ3n) is 1.30. The summed E-state index contributed by atoms with van der Waals surface area (Å²) in [6.07, 6.45) is 0. The lowest BCUT2D eigenvalue weighted by Gasteiger charge is -2.02. The molecule has 0 unspecified atom stereocenters. The summed E-state index contributed by atoms with van der Waals surface area (Å²) in [7, 11) is 0. The van der Waals surface area contributed by atoms with Crippen molar-refractivity contribution in [2.75, 3.05) is 6.54 Å². The molecule has 0 amide bonds. The van der Waals surface area contributed by atoms with E-state index in [0.29, 0.717) is 5.92 Å².